The van der Waals surface area contributed by atoms with Gasteiger partial charge in [-0.2, -0.15) is 0 Å². The predicted molar refractivity (Wildman–Crippen MR) is 61.5 cm³/mol. The van der Waals surface area contributed by atoms with Crippen molar-refractivity contribution in [1.29, 1.82) is 0 Å². The Labute approximate surface area is 97.1 Å². The number of ether oxygens (including phenoxy) is 2. The zero-order valence-corrected chi connectivity index (χ0v) is 10.1. The van der Waals surface area contributed by atoms with E-state index in [0.29, 0.717) is 29.1 Å². The average molecular weight is 276 g/mol. The fourth-order valence-corrected chi connectivity index (χ4v) is 1.51. The molecule has 0 atom stereocenters. The number of rotatable bonds is 5. The fourth-order valence-electron chi connectivity index (χ4n) is 1.07. The zero-order valence-electron chi connectivity index (χ0n) is 8.50. The number of phenolic OH excluding ortho intramolecular Hbond substituents is 1. The first-order valence-corrected chi connectivity index (χ1v) is 5.38. The summed E-state index contributed by atoms with van der Waals surface area (Å²) in [6.45, 7) is 1.11. The Balaban J connectivity index is 2.77. The molecule has 0 aliphatic carbocycles. The maximum Gasteiger partial charge on any atom is 0.176 e. The minimum atomic E-state index is 0.0442. The van der Waals surface area contributed by atoms with Crippen LogP contribution in [0.4, 0.5) is 0 Å². The number of phenols is 1. The minimum Gasteiger partial charge on any atom is -0.503 e. The maximum atomic E-state index is 9.66. The number of aromatic hydroxyl groups is 1. The Morgan fingerprint density at radius 2 is 2.07 bits per heavy atom. The van der Waals surface area contributed by atoms with Gasteiger partial charge in [0.1, 0.15) is 10.2 Å². The SMILES string of the molecule is COc1ccc(OCCCN)c(Br)c1O. The number of halogens is 1. The van der Waals surface area contributed by atoms with Gasteiger partial charge in [0.25, 0.3) is 0 Å². The highest BCUT2D eigenvalue weighted by atomic mass is 79.9. The van der Waals surface area contributed by atoms with Crippen molar-refractivity contribution in [2.45, 2.75) is 6.42 Å². The summed E-state index contributed by atoms with van der Waals surface area (Å²) < 4.78 is 10.9. The lowest BCUT2D eigenvalue weighted by Crippen LogP contribution is -2.06. The lowest BCUT2D eigenvalue weighted by Gasteiger charge is -2.10. The Morgan fingerprint density at radius 1 is 1.40 bits per heavy atom. The topological polar surface area (TPSA) is 64.7 Å². The molecule has 0 fully saturated rings. The molecular formula is C10H14BrNO3. The van der Waals surface area contributed by atoms with E-state index in [2.05, 4.69) is 15.9 Å². The highest BCUT2D eigenvalue weighted by Gasteiger charge is 2.11. The van der Waals surface area contributed by atoms with Gasteiger partial charge < -0.3 is 20.3 Å². The van der Waals surface area contributed by atoms with Gasteiger partial charge in [0, 0.05) is 0 Å². The standard InChI is InChI=1S/C10H14BrNO3/c1-14-8-4-3-7(9(11)10(8)13)15-6-2-5-12/h3-4,13H,2,5-6,12H2,1H3. The predicted octanol–water partition coefficient (Wildman–Crippen LogP) is 1.89. The van der Waals surface area contributed by atoms with Crippen molar-refractivity contribution in [3.8, 4) is 17.2 Å². The Hall–Kier alpha value is -0.940. The molecule has 4 nitrogen and oxygen atoms in total. The molecule has 1 rings (SSSR count). The summed E-state index contributed by atoms with van der Waals surface area (Å²) in [5, 5.41) is 9.66. The van der Waals surface area contributed by atoms with Gasteiger partial charge in [0.05, 0.1) is 13.7 Å². The molecule has 0 saturated carbocycles. The third kappa shape index (κ3) is 3.00. The van der Waals surface area contributed by atoms with Crippen LogP contribution in [-0.2, 0) is 0 Å². The molecule has 0 bridgehead atoms. The molecule has 0 unspecified atom stereocenters. The number of benzene rings is 1. The monoisotopic (exact) mass is 275 g/mol. The molecule has 1 aromatic carbocycles. The molecule has 84 valence electrons. The van der Waals surface area contributed by atoms with Crippen molar-refractivity contribution in [2.24, 2.45) is 5.73 Å². The molecule has 0 aliphatic rings. The van der Waals surface area contributed by atoms with Crippen LogP contribution in [0.2, 0.25) is 0 Å². The zero-order chi connectivity index (χ0) is 11.3. The van der Waals surface area contributed by atoms with E-state index >= 15 is 0 Å². The van der Waals surface area contributed by atoms with Crippen molar-refractivity contribution in [2.75, 3.05) is 20.3 Å². The van der Waals surface area contributed by atoms with Crippen LogP contribution in [-0.4, -0.2) is 25.4 Å². The van der Waals surface area contributed by atoms with Crippen molar-refractivity contribution in [3.05, 3.63) is 16.6 Å². The van der Waals surface area contributed by atoms with E-state index in [1.54, 1.807) is 12.1 Å². The maximum absolute atomic E-state index is 9.66. The average Bonchev–Trinajstić information content (AvgIpc) is 2.25. The normalized spacial score (nSPS) is 10.1. The van der Waals surface area contributed by atoms with Gasteiger partial charge in [-0.05, 0) is 41.0 Å². The first-order valence-electron chi connectivity index (χ1n) is 4.59. The summed E-state index contributed by atoms with van der Waals surface area (Å²) in [5.74, 6) is 1.04. The molecular weight excluding hydrogens is 262 g/mol. The van der Waals surface area contributed by atoms with Crippen LogP contribution in [0.1, 0.15) is 6.42 Å². The van der Waals surface area contributed by atoms with Crippen LogP contribution in [0.3, 0.4) is 0 Å². The second kappa shape index (κ2) is 5.82. The van der Waals surface area contributed by atoms with Crippen molar-refractivity contribution >= 4 is 15.9 Å². The lowest BCUT2D eigenvalue weighted by molar-refractivity contribution is 0.306. The molecule has 1 aromatic rings. The molecule has 5 heteroatoms. The van der Waals surface area contributed by atoms with Gasteiger partial charge in [-0.1, -0.05) is 0 Å². The molecule has 0 aliphatic heterocycles. The second-order valence-corrected chi connectivity index (χ2v) is 3.71. The summed E-state index contributed by atoms with van der Waals surface area (Å²) in [5.41, 5.74) is 5.35. The fraction of sp³-hybridized carbons (Fsp3) is 0.400. The van der Waals surface area contributed by atoms with Gasteiger partial charge in [0.2, 0.25) is 0 Å². The molecule has 0 aromatic heterocycles. The van der Waals surface area contributed by atoms with Gasteiger partial charge in [-0.15, -0.1) is 0 Å². The van der Waals surface area contributed by atoms with Crippen molar-refractivity contribution in [3.63, 3.8) is 0 Å². The Kier molecular flexibility index (Phi) is 4.71. The molecule has 0 spiro atoms. The number of methoxy groups -OCH3 is 1. The van der Waals surface area contributed by atoms with E-state index in [9.17, 15) is 5.11 Å². The summed E-state index contributed by atoms with van der Waals surface area (Å²) in [7, 11) is 1.50. The third-order valence-electron chi connectivity index (χ3n) is 1.87. The largest absolute Gasteiger partial charge is 0.503 e. The van der Waals surface area contributed by atoms with Gasteiger partial charge in [-0.25, -0.2) is 0 Å². The van der Waals surface area contributed by atoms with Crippen LogP contribution in [0.5, 0.6) is 17.2 Å². The first kappa shape index (κ1) is 12.1. The van der Waals surface area contributed by atoms with E-state index in [4.69, 9.17) is 15.2 Å². The molecule has 0 saturated heterocycles. The molecule has 0 radical (unpaired) electrons. The highest BCUT2D eigenvalue weighted by molar-refractivity contribution is 9.10. The summed E-state index contributed by atoms with van der Waals surface area (Å²) in [4.78, 5) is 0. The van der Waals surface area contributed by atoms with Gasteiger partial charge in [0.15, 0.2) is 11.5 Å². The quantitative estimate of drug-likeness (QED) is 0.806. The Bertz CT molecular complexity index is 331. The van der Waals surface area contributed by atoms with Gasteiger partial charge >= 0.3 is 0 Å². The Morgan fingerprint density at radius 3 is 2.67 bits per heavy atom. The highest BCUT2D eigenvalue weighted by Crippen LogP contribution is 2.40. The number of hydrogen-bond donors (Lipinski definition) is 2. The second-order valence-electron chi connectivity index (χ2n) is 2.92. The van der Waals surface area contributed by atoms with E-state index in [0.717, 1.165) is 6.42 Å². The summed E-state index contributed by atoms with van der Waals surface area (Å²) >= 11 is 3.24. The van der Waals surface area contributed by atoms with Crippen LogP contribution in [0.15, 0.2) is 16.6 Å². The van der Waals surface area contributed by atoms with E-state index < -0.39 is 0 Å². The minimum absolute atomic E-state index is 0.0442. The van der Waals surface area contributed by atoms with Crippen molar-refractivity contribution < 1.29 is 14.6 Å². The van der Waals surface area contributed by atoms with Crippen LogP contribution < -0.4 is 15.2 Å². The molecule has 0 heterocycles. The smallest absolute Gasteiger partial charge is 0.176 e. The summed E-state index contributed by atoms with van der Waals surface area (Å²) in [6, 6.07) is 3.39. The van der Waals surface area contributed by atoms with E-state index in [-0.39, 0.29) is 5.75 Å². The molecule has 15 heavy (non-hydrogen) atoms. The van der Waals surface area contributed by atoms with Gasteiger partial charge in [-0.3, -0.25) is 0 Å². The number of nitrogens with two attached hydrogens (primary N) is 1. The molecule has 3 N–H and O–H groups in total. The van der Waals surface area contributed by atoms with Crippen LogP contribution >= 0.6 is 15.9 Å². The first-order chi connectivity index (χ1) is 7.20. The lowest BCUT2D eigenvalue weighted by atomic mass is 10.3. The molecule has 0 amide bonds. The number of hydrogen-bond acceptors (Lipinski definition) is 4. The van der Waals surface area contributed by atoms with E-state index in [1.165, 1.54) is 7.11 Å². The van der Waals surface area contributed by atoms with Crippen molar-refractivity contribution in [1.82, 2.24) is 0 Å². The summed E-state index contributed by atoms with van der Waals surface area (Å²) in [6.07, 6.45) is 0.777. The third-order valence-corrected chi connectivity index (χ3v) is 2.64. The van der Waals surface area contributed by atoms with E-state index in [1.807, 2.05) is 0 Å². The van der Waals surface area contributed by atoms with Crippen LogP contribution in [0, 0.1) is 0 Å². The van der Waals surface area contributed by atoms with Crippen LogP contribution in [0.25, 0.3) is 0 Å².